The molecule has 0 radical (unpaired) electrons. The number of carbonyl (C=O) groups is 1. The number of fused-ring (bicyclic) bond motifs is 1. The first-order chi connectivity index (χ1) is 11.0. The normalized spacial score (nSPS) is 14.8. The van der Waals surface area contributed by atoms with Crippen molar-refractivity contribution in [3.8, 4) is 0 Å². The van der Waals surface area contributed by atoms with E-state index in [1.807, 2.05) is 19.1 Å². The molecule has 1 N–H and O–H groups in total. The van der Waals surface area contributed by atoms with Gasteiger partial charge in [-0.25, -0.2) is 8.42 Å². The van der Waals surface area contributed by atoms with Crippen LogP contribution < -0.4 is 9.62 Å². The first kappa shape index (κ1) is 15.6. The number of rotatable bonds is 3. The van der Waals surface area contributed by atoms with E-state index in [0.717, 1.165) is 12.0 Å². The fourth-order valence-corrected chi connectivity index (χ4v) is 4.09. The Kier molecular flexibility index (Phi) is 4.09. The van der Waals surface area contributed by atoms with E-state index < -0.39 is 10.0 Å². The second kappa shape index (κ2) is 6.04. The number of sulfonamides is 1. The van der Waals surface area contributed by atoms with Crippen LogP contribution in [0.2, 0.25) is 0 Å². The Morgan fingerprint density at radius 3 is 2.48 bits per heavy atom. The number of carbonyl (C=O) groups excluding carboxylic acids is 1. The highest BCUT2D eigenvalue weighted by Crippen LogP contribution is 2.32. The molecule has 0 unspecified atom stereocenters. The Hall–Kier alpha value is -2.34. The molecule has 6 heteroatoms. The lowest BCUT2D eigenvalue weighted by atomic mass is 10.2. The smallest absolute Gasteiger partial charge is 0.264 e. The summed E-state index contributed by atoms with van der Waals surface area (Å²) >= 11 is 0. The van der Waals surface area contributed by atoms with Crippen LogP contribution in [0.15, 0.2) is 53.4 Å². The SMILES string of the molecule is CCc1ccc(S(=O)(=O)N2CCC(=O)Nc3ccccc32)cc1. The maximum Gasteiger partial charge on any atom is 0.264 e. The molecule has 0 fully saturated rings. The summed E-state index contributed by atoms with van der Waals surface area (Å²) in [6.45, 7) is 2.15. The number of benzene rings is 2. The number of para-hydroxylation sites is 2. The minimum atomic E-state index is -3.71. The quantitative estimate of drug-likeness (QED) is 0.941. The van der Waals surface area contributed by atoms with Gasteiger partial charge in [0.15, 0.2) is 0 Å². The van der Waals surface area contributed by atoms with Crippen LogP contribution in [-0.2, 0) is 21.2 Å². The first-order valence-electron chi connectivity index (χ1n) is 7.53. The molecule has 0 aromatic heterocycles. The summed E-state index contributed by atoms with van der Waals surface area (Å²) in [5.74, 6) is -0.184. The molecule has 2 aromatic rings. The number of hydrogen-bond donors (Lipinski definition) is 1. The van der Waals surface area contributed by atoms with E-state index >= 15 is 0 Å². The molecule has 0 spiro atoms. The lowest BCUT2D eigenvalue weighted by Crippen LogP contribution is -2.32. The van der Waals surface area contributed by atoms with Crippen molar-refractivity contribution in [2.24, 2.45) is 0 Å². The molecule has 1 aliphatic rings. The summed E-state index contributed by atoms with van der Waals surface area (Å²) in [5, 5.41) is 2.75. The molecular weight excluding hydrogens is 312 g/mol. The van der Waals surface area contributed by atoms with Gasteiger partial charge >= 0.3 is 0 Å². The molecule has 0 saturated carbocycles. The Bertz CT molecular complexity index is 829. The van der Waals surface area contributed by atoms with E-state index in [9.17, 15) is 13.2 Å². The number of aryl methyl sites for hydroxylation is 1. The van der Waals surface area contributed by atoms with Gasteiger partial charge in [0.1, 0.15) is 0 Å². The van der Waals surface area contributed by atoms with E-state index in [-0.39, 0.29) is 23.8 Å². The predicted molar refractivity (Wildman–Crippen MR) is 90.0 cm³/mol. The van der Waals surface area contributed by atoms with Crippen molar-refractivity contribution in [2.75, 3.05) is 16.2 Å². The van der Waals surface area contributed by atoms with Gasteiger partial charge in [-0.3, -0.25) is 9.10 Å². The fourth-order valence-electron chi connectivity index (χ4n) is 2.61. The minimum Gasteiger partial charge on any atom is -0.324 e. The van der Waals surface area contributed by atoms with Crippen molar-refractivity contribution in [3.63, 3.8) is 0 Å². The van der Waals surface area contributed by atoms with Gasteiger partial charge in [-0.1, -0.05) is 31.2 Å². The molecule has 0 saturated heterocycles. The van der Waals surface area contributed by atoms with E-state index in [1.54, 1.807) is 36.4 Å². The largest absolute Gasteiger partial charge is 0.324 e. The van der Waals surface area contributed by atoms with Crippen molar-refractivity contribution in [1.29, 1.82) is 0 Å². The number of nitrogens with one attached hydrogen (secondary N) is 1. The fraction of sp³-hybridized carbons (Fsp3) is 0.235. The second-order valence-electron chi connectivity index (χ2n) is 5.39. The molecule has 0 bridgehead atoms. The average Bonchev–Trinajstić information content (AvgIpc) is 2.73. The summed E-state index contributed by atoms with van der Waals surface area (Å²) < 4.78 is 27.3. The lowest BCUT2D eigenvalue weighted by molar-refractivity contribution is -0.115. The zero-order chi connectivity index (χ0) is 16.4. The maximum atomic E-state index is 13.0. The van der Waals surface area contributed by atoms with Crippen LogP contribution >= 0.6 is 0 Å². The molecule has 1 heterocycles. The molecule has 3 rings (SSSR count). The molecule has 120 valence electrons. The second-order valence-corrected chi connectivity index (χ2v) is 7.25. The van der Waals surface area contributed by atoms with Gasteiger partial charge in [0.05, 0.1) is 16.3 Å². The molecule has 23 heavy (non-hydrogen) atoms. The molecule has 1 amide bonds. The van der Waals surface area contributed by atoms with Crippen molar-refractivity contribution in [3.05, 3.63) is 54.1 Å². The van der Waals surface area contributed by atoms with Gasteiger partial charge in [-0.2, -0.15) is 0 Å². The number of anilines is 2. The summed E-state index contributed by atoms with van der Waals surface area (Å²) in [6, 6.07) is 13.8. The van der Waals surface area contributed by atoms with Gasteiger partial charge in [0.25, 0.3) is 10.0 Å². The van der Waals surface area contributed by atoms with Gasteiger partial charge < -0.3 is 5.32 Å². The Labute approximate surface area is 136 Å². The van der Waals surface area contributed by atoms with Crippen LogP contribution in [0, 0.1) is 0 Å². The Morgan fingerprint density at radius 2 is 1.78 bits per heavy atom. The molecule has 0 aliphatic carbocycles. The van der Waals surface area contributed by atoms with E-state index in [4.69, 9.17) is 0 Å². The van der Waals surface area contributed by atoms with Crippen LogP contribution in [-0.4, -0.2) is 20.9 Å². The maximum absolute atomic E-state index is 13.0. The highest BCUT2D eigenvalue weighted by atomic mass is 32.2. The molecular formula is C17H18N2O3S. The van der Waals surface area contributed by atoms with E-state index in [0.29, 0.717) is 11.4 Å². The molecule has 0 atom stereocenters. The summed E-state index contributed by atoms with van der Waals surface area (Å²) in [7, 11) is -3.71. The third kappa shape index (κ3) is 2.94. The zero-order valence-corrected chi connectivity index (χ0v) is 13.6. The van der Waals surface area contributed by atoms with Crippen LogP contribution in [0.3, 0.4) is 0 Å². The monoisotopic (exact) mass is 330 g/mol. The summed E-state index contributed by atoms with van der Waals surface area (Å²) in [5.41, 5.74) is 2.10. The van der Waals surface area contributed by atoms with Gasteiger partial charge in [-0.15, -0.1) is 0 Å². The molecule has 5 nitrogen and oxygen atoms in total. The van der Waals surface area contributed by atoms with Crippen LogP contribution in [0.4, 0.5) is 11.4 Å². The number of hydrogen-bond acceptors (Lipinski definition) is 3. The van der Waals surface area contributed by atoms with E-state index in [1.165, 1.54) is 4.31 Å². The minimum absolute atomic E-state index is 0.126. The zero-order valence-electron chi connectivity index (χ0n) is 12.8. The summed E-state index contributed by atoms with van der Waals surface area (Å²) in [6.07, 6.45) is 0.978. The Morgan fingerprint density at radius 1 is 1.09 bits per heavy atom. The highest BCUT2D eigenvalue weighted by Gasteiger charge is 2.29. The summed E-state index contributed by atoms with van der Waals surface area (Å²) in [4.78, 5) is 12.0. The predicted octanol–water partition coefficient (Wildman–Crippen LogP) is 2.79. The van der Waals surface area contributed by atoms with Crippen molar-refractivity contribution >= 4 is 27.3 Å². The third-order valence-electron chi connectivity index (χ3n) is 3.91. The standard InChI is InChI=1S/C17H18N2O3S/c1-2-13-7-9-14(10-8-13)23(21,22)19-12-11-17(20)18-15-5-3-4-6-16(15)19/h3-10H,2,11-12H2,1H3,(H,18,20). The van der Waals surface area contributed by atoms with Gasteiger partial charge in [0.2, 0.25) is 5.91 Å². The molecule has 2 aromatic carbocycles. The number of amides is 1. The van der Waals surface area contributed by atoms with Crippen molar-refractivity contribution < 1.29 is 13.2 Å². The van der Waals surface area contributed by atoms with E-state index in [2.05, 4.69) is 5.32 Å². The highest BCUT2D eigenvalue weighted by molar-refractivity contribution is 7.92. The Balaban J connectivity index is 2.06. The van der Waals surface area contributed by atoms with Crippen molar-refractivity contribution in [1.82, 2.24) is 0 Å². The van der Waals surface area contributed by atoms with Crippen LogP contribution in [0.1, 0.15) is 18.9 Å². The molecule has 1 aliphatic heterocycles. The lowest BCUT2D eigenvalue weighted by Gasteiger charge is -2.23. The van der Waals surface area contributed by atoms with Crippen LogP contribution in [0.25, 0.3) is 0 Å². The van der Waals surface area contributed by atoms with Crippen LogP contribution in [0.5, 0.6) is 0 Å². The van der Waals surface area contributed by atoms with Gasteiger partial charge in [0, 0.05) is 13.0 Å². The van der Waals surface area contributed by atoms with Gasteiger partial charge in [-0.05, 0) is 36.2 Å². The average molecular weight is 330 g/mol. The third-order valence-corrected chi connectivity index (χ3v) is 5.74. The number of nitrogens with zero attached hydrogens (tertiary/aromatic N) is 1. The first-order valence-corrected chi connectivity index (χ1v) is 8.97. The topological polar surface area (TPSA) is 66.5 Å². The van der Waals surface area contributed by atoms with Crippen molar-refractivity contribution in [2.45, 2.75) is 24.7 Å².